The van der Waals surface area contributed by atoms with Gasteiger partial charge in [-0.1, -0.05) is 12.1 Å². The summed E-state index contributed by atoms with van der Waals surface area (Å²) < 4.78 is 15.5. The van der Waals surface area contributed by atoms with Gasteiger partial charge < -0.3 is 24.3 Å². The average Bonchev–Trinajstić information content (AvgIpc) is 3.10. The van der Waals surface area contributed by atoms with Gasteiger partial charge in [0.1, 0.15) is 11.6 Å². The van der Waals surface area contributed by atoms with Crippen molar-refractivity contribution < 1.29 is 18.8 Å². The van der Waals surface area contributed by atoms with Crippen molar-refractivity contribution in [2.75, 3.05) is 32.6 Å². The number of aryl methyl sites for hydroxylation is 1. The summed E-state index contributed by atoms with van der Waals surface area (Å²) in [7, 11) is 3.02. The first-order valence-electron chi connectivity index (χ1n) is 9.04. The molecule has 0 fully saturated rings. The maximum Gasteiger partial charge on any atom is 0.258 e. The summed E-state index contributed by atoms with van der Waals surface area (Å²) in [4.78, 5) is 33.9. The van der Waals surface area contributed by atoms with E-state index in [1.807, 2.05) is 11.8 Å². The fourth-order valence-corrected chi connectivity index (χ4v) is 2.89. The van der Waals surface area contributed by atoms with E-state index in [1.165, 1.54) is 14.2 Å². The van der Waals surface area contributed by atoms with Crippen LogP contribution in [-0.4, -0.2) is 53.2 Å². The van der Waals surface area contributed by atoms with Crippen molar-refractivity contribution in [2.24, 2.45) is 0 Å². The van der Waals surface area contributed by atoms with Crippen molar-refractivity contribution in [2.45, 2.75) is 20.4 Å². The molecule has 0 aliphatic carbocycles. The number of benzene rings is 1. The Bertz CT molecular complexity index is 1070. The maximum absolute atomic E-state index is 12.5. The number of anilines is 1. The van der Waals surface area contributed by atoms with Crippen LogP contribution < -0.4 is 20.3 Å². The van der Waals surface area contributed by atoms with Gasteiger partial charge >= 0.3 is 0 Å². The standard InChI is InChI=1S/C19H23N5O5/c1-5-24(10-18(25)21-16-6-11(2)29-23-16)9-17-20-13-8-15(28-4)14(27-3)7-12(13)19(26)22-17/h6-8H,5,9-10H2,1-4H3,(H,20,22,26)(H,21,23,25). The highest BCUT2D eigenvalue weighted by Gasteiger charge is 2.15. The van der Waals surface area contributed by atoms with Crippen molar-refractivity contribution in [3.63, 3.8) is 0 Å². The predicted octanol–water partition coefficient (Wildman–Crippen LogP) is 1.70. The van der Waals surface area contributed by atoms with Crippen LogP contribution in [0, 0.1) is 6.92 Å². The minimum atomic E-state index is -0.287. The molecular weight excluding hydrogens is 378 g/mol. The third-order valence-electron chi connectivity index (χ3n) is 4.34. The summed E-state index contributed by atoms with van der Waals surface area (Å²) in [6.45, 7) is 4.64. The molecule has 3 rings (SSSR count). The molecule has 0 saturated carbocycles. The second kappa shape index (κ2) is 8.74. The number of nitrogens with one attached hydrogen (secondary N) is 2. The van der Waals surface area contributed by atoms with Gasteiger partial charge in [0, 0.05) is 12.1 Å². The Kier molecular flexibility index (Phi) is 6.13. The largest absolute Gasteiger partial charge is 0.493 e. The number of aromatic nitrogens is 3. The van der Waals surface area contributed by atoms with Crippen LogP contribution in [0.3, 0.4) is 0 Å². The van der Waals surface area contributed by atoms with Crippen LogP contribution in [0.25, 0.3) is 10.9 Å². The van der Waals surface area contributed by atoms with E-state index in [4.69, 9.17) is 14.0 Å². The molecule has 2 aromatic heterocycles. The van der Waals surface area contributed by atoms with E-state index < -0.39 is 0 Å². The fourth-order valence-electron chi connectivity index (χ4n) is 2.89. The van der Waals surface area contributed by atoms with E-state index in [1.54, 1.807) is 25.1 Å². The molecule has 1 aromatic carbocycles. The first-order chi connectivity index (χ1) is 13.9. The third-order valence-corrected chi connectivity index (χ3v) is 4.34. The van der Waals surface area contributed by atoms with Gasteiger partial charge in [0.05, 0.1) is 38.2 Å². The zero-order chi connectivity index (χ0) is 21.0. The highest BCUT2D eigenvalue weighted by Crippen LogP contribution is 2.29. The number of methoxy groups -OCH3 is 2. The molecule has 0 saturated heterocycles. The monoisotopic (exact) mass is 401 g/mol. The Labute approximate surface area is 166 Å². The van der Waals surface area contributed by atoms with Crippen LogP contribution in [0.2, 0.25) is 0 Å². The normalized spacial score (nSPS) is 11.1. The number of carbonyl (C=O) groups excluding carboxylic acids is 1. The van der Waals surface area contributed by atoms with Crippen molar-refractivity contribution in [3.8, 4) is 11.5 Å². The van der Waals surface area contributed by atoms with Gasteiger partial charge in [-0.3, -0.25) is 14.5 Å². The molecule has 3 aromatic rings. The number of rotatable bonds is 8. The van der Waals surface area contributed by atoms with Crippen LogP contribution in [0.15, 0.2) is 27.5 Å². The molecule has 0 unspecified atom stereocenters. The van der Waals surface area contributed by atoms with Crippen LogP contribution >= 0.6 is 0 Å². The van der Waals surface area contributed by atoms with Gasteiger partial charge in [0.2, 0.25) is 5.91 Å². The lowest BCUT2D eigenvalue weighted by atomic mass is 10.2. The first kappa shape index (κ1) is 20.3. The van der Waals surface area contributed by atoms with E-state index in [0.29, 0.717) is 52.9 Å². The van der Waals surface area contributed by atoms with Crippen LogP contribution in [0.5, 0.6) is 11.5 Å². The van der Waals surface area contributed by atoms with Crippen LogP contribution in [0.1, 0.15) is 18.5 Å². The summed E-state index contributed by atoms with van der Waals surface area (Å²) >= 11 is 0. The maximum atomic E-state index is 12.5. The van der Waals surface area contributed by atoms with E-state index in [-0.39, 0.29) is 18.0 Å². The Morgan fingerprint density at radius 1 is 1.24 bits per heavy atom. The Morgan fingerprint density at radius 2 is 1.97 bits per heavy atom. The highest BCUT2D eigenvalue weighted by molar-refractivity contribution is 5.91. The second-order valence-corrected chi connectivity index (χ2v) is 6.41. The number of aromatic amines is 1. The summed E-state index contributed by atoms with van der Waals surface area (Å²) in [6.07, 6.45) is 0. The number of likely N-dealkylation sites (N-methyl/N-ethyl adjacent to an activating group) is 1. The van der Waals surface area contributed by atoms with E-state index >= 15 is 0 Å². The zero-order valence-electron chi connectivity index (χ0n) is 16.7. The Morgan fingerprint density at radius 3 is 2.59 bits per heavy atom. The Hall–Kier alpha value is -3.40. The van der Waals surface area contributed by atoms with Crippen LogP contribution in [0.4, 0.5) is 5.82 Å². The quantitative estimate of drug-likeness (QED) is 0.585. The molecule has 1 amide bonds. The van der Waals surface area contributed by atoms with Crippen molar-refractivity contribution >= 4 is 22.6 Å². The third kappa shape index (κ3) is 4.72. The summed E-state index contributed by atoms with van der Waals surface area (Å²) in [5.41, 5.74) is 0.199. The molecule has 29 heavy (non-hydrogen) atoms. The highest BCUT2D eigenvalue weighted by atomic mass is 16.5. The first-order valence-corrected chi connectivity index (χ1v) is 9.04. The van der Waals surface area contributed by atoms with E-state index in [0.717, 1.165) is 0 Å². The summed E-state index contributed by atoms with van der Waals surface area (Å²) in [6, 6.07) is 4.88. The zero-order valence-corrected chi connectivity index (χ0v) is 16.7. The molecule has 0 spiro atoms. The molecule has 0 aliphatic heterocycles. The van der Waals surface area contributed by atoms with Gasteiger partial charge in [-0.2, -0.15) is 0 Å². The molecule has 2 N–H and O–H groups in total. The van der Waals surface area contributed by atoms with Gasteiger partial charge in [0.25, 0.3) is 5.56 Å². The van der Waals surface area contributed by atoms with Gasteiger partial charge in [-0.25, -0.2) is 4.98 Å². The van der Waals surface area contributed by atoms with Crippen molar-refractivity contribution in [1.29, 1.82) is 0 Å². The molecule has 10 heteroatoms. The number of hydrogen-bond acceptors (Lipinski definition) is 8. The molecule has 0 aliphatic rings. The molecule has 0 radical (unpaired) electrons. The summed E-state index contributed by atoms with van der Waals surface area (Å²) in [5.74, 6) is 2.12. The number of fused-ring (bicyclic) bond motifs is 1. The number of hydrogen-bond donors (Lipinski definition) is 2. The molecule has 154 valence electrons. The topological polar surface area (TPSA) is 123 Å². The lowest BCUT2D eigenvalue weighted by Gasteiger charge is -2.19. The minimum absolute atomic E-state index is 0.107. The van der Waals surface area contributed by atoms with E-state index in [2.05, 4.69) is 20.4 Å². The molecule has 0 bridgehead atoms. The number of nitrogens with zero attached hydrogens (tertiary/aromatic N) is 3. The van der Waals surface area contributed by atoms with Crippen molar-refractivity contribution in [1.82, 2.24) is 20.0 Å². The fraction of sp³-hybridized carbons (Fsp3) is 0.368. The van der Waals surface area contributed by atoms with Gasteiger partial charge in [-0.05, 0) is 19.5 Å². The van der Waals surface area contributed by atoms with Gasteiger partial charge in [0.15, 0.2) is 17.3 Å². The lowest BCUT2D eigenvalue weighted by Crippen LogP contribution is -2.34. The molecule has 2 heterocycles. The second-order valence-electron chi connectivity index (χ2n) is 6.41. The number of carbonyl (C=O) groups is 1. The van der Waals surface area contributed by atoms with E-state index in [9.17, 15) is 9.59 Å². The number of amides is 1. The molecular formula is C19H23N5O5. The number of ether oxygens (including phenoxy) is 2. The number of H-pyrrole nitrogens is 1. The SMILES string of the molecule is CCN(CC(=O)Nc1cc(C)on1)Cc1nc2cc(OC)c(OC)cc2c(=O)[nH]1. The predicted molar refractivity (Wildman–Crippen MR) is 106 cm³/mol. The van der Waals surface area contributed by atoms with Crippen molar-refractivity contribution in [3.05, 3.63) is 40.1 Å². The smallest absolute Gasteiger partial charge is 0.258 e. The summed E-state index contributed by atoms with van der Waals surface area (Å²) in [5, 5.41) is 6.81. The van der Waals surface area contributed by atoms with Crippen LogP contribution in [-0.2, 0) is 11.3 Å². The van der Waals surface area contributed by atoms with Gasteiger partial charge in [-0.15, -0.1) is 0 Å². The molecule has 0 atom stereocenters. The minimum Gasteiger partial charge on any atom is -0.493 e. The molecule has 10 nitrogen and oxygen atoms in total. The Balaban J connectivity index is 1.78. The average molecular weight is 401 g/mol. The lowest BCUT2D eigenvalue weighted by molar-refractivity contribution is -0.117.